The fourth-order valence-electron chi connectivity index (χ4n) is 3.49. The fourth-order valence-corrected chi connectivity index (χ4v) is 3.49. The Balaban J connectivity index is 1.78. The molecule has 0 saturated carbocycles. The van der Waals surface area contributed by atoms with E-state index in [4.69, 9.17) is 14.7 Å². The molecule has 0 bridgehead atoms. The topological polar surface area (TPSA) is 117 Å². The SMILES string of the molecule is CCO/N=C(/C(=O)Cn1nc(-c2c(-c3ccccc3)nn3ccccc23)ccc1=O)C(=O)OCC. The normalized spacial score (nSPS) is 11.4. The molecule has 10 nitrogen and oxygen atoms in total. The number of ether oxygens (including phenoxy) is 1. The van der Waals surface area contributed by atoms with Crippen molar-refractivity contribution in [2.24, 2.45) is 5.16 Å². The smallest absolute Gasteiger partial charge is 0.364 e. The number of rotatable bonds is 9. The fraction of sp³-hybridized carbons (Fsp3) is 0.200. The first-order valence-electron chi connectivity index (χ1n) is 11.0. The van der Waals surface area contributed by atoms with Gasteiger partial charge in [0.2, 0.25) is 11.5 Å². The molecular weight excluding hydrogens is 450 g/mol. The summed E-state index contributed by atoms with van der Waals surface area (Å²) in [5, 5.41) is 12.7. The average Bonchev–Trinajstić information content (AvgIpc) is 3.26. The summed E-state index contributed by atoms with van der Waals surface area (Å²) in [5.41, 5.74) is 2.42. The van der Waals surface area contributed by atoms with Gasteiger partial charge in [-0.1, -0.05) is 41.6 Å². The molecule has 3 heterocycles. The number of carbonyl (C=O) groups excluding carboxylic acids is 2. The lowest BCUT2D eigenvalue weighted by Gasteiger charge is -2.09. The number of fused-ring (bicyclic) bond motifs is 1. The van der Waals surface area contributed by atoms with Gasteiger partial charge in [0.05, 0.1) is 23.4 Å². The molecule has 0 aliphatic heterocycles. The number of hydrogen-bond acceptors (Lipinski definition) is 8. The van der Waals surface area contributed by atoms with E-state index in [9.17, 15) is 14.4 Å². The zero-order valence-corrected chi connectivity index (χ0v) is 19.2. The van der Waals surface area contributed by atoms with Crippen molar-refractivity contribution in [1.82, 2.24) is 19.4 Å². The minimum atomic E-state index is -0.927. The van der Waals surface area contributed by atoms with E-state index in [1.54, 1.807) is 24.4 Å². The lowest BCUT2D eigenvalue weighted by molar-refractivity contribution is -0.136. The van der Waals surface area contributed by atoms with E-state index >= 15 is 0 Å². The van der Waals surface area contributed by atoms with Crippen LogP contribution in [-0.4, -0.2) is 50.1 Å². The van der Waals surface area contributed by atoms with Crippen molar-refractivity contribution in [3.8, 4) is 22.5 Å². The van der Waals surface area contributed by atoms with Crippen LogP contribution in [0.2, 0.25) is 0 Å². The number of nitrogens with zero attached hydrogens (tertiary/aromatic N) is 5. The lowest BCUT2D eigenvalue weighted by Crippen LogP contribution is -2.34. The highest BCUT2D eigenvalue weighted by atomic mass is 16.6. The summed E-state index contributed by atoms with van der Waals surface area (Å²) >= 11 is 0. The number of benzene rings is 1. The molecule has 0 N–H and O–H groups in total. The van der Waals surface area contributed by atoms with Gasteiger partial charge in [-0.2, -0.15) is 10.2 Å². The third-order valence-electron chi connectivity index (χ3n) is 5.02. The van der Waals surface area contributed by atoms with Crippen molar-refractivity contribution in [3.05, 3.63) is 77.2 Å². The predicted molar refractivity (Wildman–Crippen MR) is 129 cm³/mol. The number of pyridine rings is 1. The molecule has 4 aromatic rings. The Labute approximate surface area is 200 Å². The van der Waals surface area contributed by atoms with Gasteiger partial charge in [0, 0.05) is 17.8 Å². The first-order valence-corrected chi connectivity index (χ1v) is 11.0. The summed E-state index contributed by atoms with van der Waals surface area (Å²) in [7, 11) is 0. The van der Waals surface area contributed by atoms with Crippen molar-refractivity contribution in [2.75, 3.05) is 13.2 Å². The van der Waals surface area contributed by atoms with Crippen LogP contribution < -0.4 is 5.56 Å². The second-order valence-electron chi connectivity index (χ2n) is 7.34. The molecule has 4 rings (SSSR count). The molecule has 178 valence electrons. The molecule has 0 atom stereocenters. The number of carbonyl (C=O) groups is 2. The van der Waals surface area contributed by atoms with E-state index in [-0.39, 0.29) is 13.2 Å². The molecule has 3 aromatic heterocycles. The minimum Gasteiger partial charge on any atom is -0.461 e. The third kappa shape index (κ3) is 5.01. The zero-order chi connectivity index (χ0) is 24.8. The monoisotopic (exact) mass is 473 g/mol. The Hall–Kier alpha value is -4.60. The van der Waals surface area contributed by atoms with Gasteiger partial charge in [0.1, 0.15) is 18.8 Å². The van der Waals surface area contributed by atoms with Gasteiger partial charge in [-0.05, 0) is 32.0 Å². The van der Waals surface area contributed by atoms with Crippen molar-refractivity contribution >= 4 is 23.0 Å². The summed E-state index contributed by atoms with van der Waals surface area (Å²) in [5.74, 6) is -1.68. The van der Waals surface area contributed by atoms with E-state index in [0.29, 0.717) is 17.0 Å². The molecular formula is C25H23N5O5. The van der Waals surface area contributed by atoms with Gasteiger partial charge in [0.15, 0.2) is 0 Å². The summed E-state index contributed by atoms with van der Waals surface area (Å²) in [6.07, 6.45) is 1.82. The maximum Gasteiger partial charge on any atom is 0.364 e. The van der Waals surface area contributed by atoms with Crippen molar-refractivity contribution in [3.63, 3.8) is 0 Å². The standard InChI is InChI=1S/C25H23N5O5/c1-3-34-25(33)24(28-35-4-2)20(31)16-30-21(32)14-13-18(26-30)22-19-12-8-9-15-29(19)27-23(22)17-10-6-5-7-11-17/h5-15H,3-4,16H2,1-2H3/b28-24-. The Bertz CT molecular complexity index is 1460. The highest BCUT2D eigenvalue weighted by Gasteiger charge is 2.25. The van der Waals surface area contributed by atoms with E-state index in [1.165, 1.54) is 6.07 Å². The van der Waals surface area contributed by atoms with E-state index < -0.39 is 29.6 Å². The molecule has 0 saturated heterocycles. The van der Waals surface area contributed by atoms with Gasteiger partial charge < -0.3 is 9.57 Å². The quantitative estimate of drug-likeness (QED) is 0.159. The van der Waals surface area contributed by atoms with E-state index in [1.807, 2.05) is 54.7 Å². The highest BCUT2D eigenvalue weighted by molar-refractivity contribution is 6.64. The third-order valence-corrected chi connectivity index (χ3v) is 5.02. The molecule has 0 spiro atoms. The molecule has 0 amide bonds. The van der Waals surface area contributed by atoms with Crippen molar-refractivity contribution in [2.45, 2.75) is 20.4 Å². The molecule has 1 aromatic carbocycles. The first-order chi connectivity index (χ1) is 17.0. The van der Waals surface area contributed by atoms with E-state index in [0.717, 1.165) is 15.8 Å². The zero-order valence-electron chi connectivity index (χ0n) is 19.2. The minimum absolute atomic E-state index is 0.0575. The first kappa shape index (κ1) is 23.6. The molecule has 0 radical (unpaired) electrons. The van der Waals surface area contributed by atoms with Gasteiger partial charge >= 0.3 is 5.97 Å². The van der Waals surface area contributed by atoms with Crippen LogP contribution in [0.3, 0.4) is 0 Å². The van der Waals surface area contributed by atoms with Crippen molar-refractivity contribution < 1.29 is 19.2 Å². The molecule has 0 unspecified atom stereocenters. The van der Waals surface area contributed by atoms with Crippen LogP contribution in [-0.2, 0) is 25.7 Å². The van der Waals surface area contributed by atoms with Gasteiger partial charge in [-0.25, -0.2) is 14.0 Å². The molecule has 0 aliphatic carbocycles. The molecule has 0 fully saturated rings. The second kappa shape index (κ2) is 10.6. The van der Waals surface area contributed by atoms with Crippen LogP contribution in [0, 0.1) is 0 Å². The Kier molecular flexibility index (Phi) is 7.10. The Morgan fingerprint density at radius 3 is 2.46 bits per heavy atom. The van der Waals surface area contributed by atoms with Crippen molar-refractivity contribution in [1.29, 1.82) is 0 Å². The number of oxime groups is 1. The molecule has 0 aliphatic rings. The number of aromatic nitrogens is 4. The predicted octanol–water partition coefficient (Wildman–Crippen LogP) is 2.75. The number of Topliss-reactive ketones (excluding diaryl/α,β-unsaturated/α-hetero) is 1. The summed E-state index contributed by atoms with van der Waals surface area (Å²) in [6.45, 7) is 2.96. The van der Waals surface area contributed by atoms with Gasteiger partial charge in [-0.3, -0.25) is 9.59 Å². The number of esters is 1. The van der Waals surface area contributed by atoms with Crippen LogP contribution in [0.25, 0.3) is 28.0 Å². The Morgan fingerprint density at radius 2 is 1.71 bits per heavy atom. The average molecular weight is 473 g/mol. The maximum atomic E-state index is 12.9. The summed E-state index contributed by atoms with van der Waals surface area (Å²) in [4.78, 5) is 42.5. The van der Waals surface area contributed by atoms with Gasteiger partial charge in [0.25, 0.3) is 5.56 Å². The van der Waals surface area contributed by atoms with Crippen LogP contribution in [0.5, 0.6) is 0 Å². The van der Waals surface area contributed by atoms with Crippen LogP contribution in [0.4, 0.5) is 0 Å². The number of hydrogen-bond donors (Lipinski definition) is 0. The highest BCUT2D eigenvalue weighted by Crippen LogP contribution is 2.33. The lowest BCUT2D eigenvalue weighted by atomic mass is 10.0. The largest absolute Gasteiger partial charge is 0.461 e. The van der Waals surface area contributed by atoms with Crippen LogP contribution in [0.15, 0.2) is 76.8 Å². The molecule has 10 heteroatoms. The van der Waals surface area contributed by atoms with Crippen LogP contribution >= 0.6 is 0 Å². The van der Waals surface area contributed by atoms with E-state index in [2.05, 4.69) is 10.3 Å². The Morgan fingerprint density at radius 1 is 0.943 bits per heavy atom. The number of ketones is 1. The molecule has 35 heavy (non-hydrogen) atoms. The van der Waals surface area contributed by atoms with Crippen LogP contribution in [0.1, 0.15) is 13.8 Å². The second-order valence-corrected chi connectivity index (χ2v) is 7.34. The van der Waals surface area contributed by atoms with Gasteiger partial charge in [-0.15, -0.1) is 0 Å². The maximum absolute atomic E-state index is 12.9. The summed E-state index contributed by atoms with van der Waals surface area (Å²) in [6, 6.07) is 18.1. The summed E-state index contributed by atoms with van der Waals surface area (Å²) < 4.78 is 7.61.